The van der Waals surface area contributed by atoms with Gasteiger partial charge in [-0.1, -0.05) is 60.1 Å². The van der Waals surface area contributed by atoms with Crippen LogP contribution in [0.3, 0.4) is 0 Å². The van der Waals surface area contributed by atoms with Crippen LogP contribution >= 0.6 is 22.9 Å². The lowest BCUT2D eigenvalue weighted by Crippen LogP contribution is -2.26. The molecule has 0 aliphatic heterocycles. The summed E-state index contributed by atoms with van der Waals surface area (Å²) in [5.41, 5.74) is 2.98. The summed E-state index contributed by atoms with van der Waals surface area (Å²) in [6.07, 6.45) is 0. The van der Waals surface area contributed by atoms with E-state index in [9.17, 15) is 4.79 Å². The molecule has 1 heterocycles. The third-order valence-corrected chi connectivity index (χ3v) is 4.93. The molecule has 1 aromatic heterocycles. The Morgan fingerprint density at radius 3 is 2.48 bits per heavy atom. The molecule has 0 saturated carbocycles. The molecule has 1 amide bonds. The zero-order valence-electron chi connectivity index (χ0n) is 12.7. The lowest BCUT2D eigenvalue weighted by Gasteiger charge is -2.18. The summed E-state index contributed by atoms with van der Waals surface area (Å²) in [6.45, 7) is 0.491. The molecular formula is C19H16ClNOS. The van der Waals surface area contributed by atoms with E-state index >= 15 is 0 Å². The van der Waals surface area contributed by atoms with Crippen LogP contribution in [0.4, 0.5) is 0 Å². The molecule has 0 spiro atoms. The highest BCUT2D eigenvalue weighted by atomic mass is 35.5. The fourth-order valence-corrected chi connectivity index (χ4v) is 3.55. The zero-order chi connectivity index (χ0) is 16.2. The second-order valence-electron chi connectivity index (χ2n) is 5.28. The molecule has 0 N–H and O–H groups in total. The summed E-state index contributed by atoms with van der Waals surface area (Å²) < 4.78 is 0. The van der Waals surface area contributed by atoms with Crippen molar-refractivity contribution in [3.63, 3.8) is 0 Å². The number of nitrogens with zero attached hydrogens (tertiary/aromatic N) is 1. The van der Waals surface area contributed by atoms with Crippen molar-refractivity contribution in [1.82, 2.24) is 4.90 Å². The van der Waals surface area contributed by atoms with Gasteiger partial charge >= 0.3 is 0 Å². The average molecular weight is 342 g/mol. The van der Waals surface area contributed by atoms with E-state index in [0.717, 1.165) is 21.6 Å². The minimum atomic E-state index is 0.0128. The average Bonchev–Trinajstić information content (AvgIpc) is 3.06. The van der Waals surface area contributed by atoms with Crippen LogP contribution in [0.25, 0.3) is 11.1 Å². The SMILES string of the molecule is CN(Cc1ccccc1Cl)C(=O)c1sccc1-c1ccccc1. The van der Waals surface area contributed by atoms with Gasteiger partial charge in [0, 0.05) is 24.2 Å². The molecule has 0 aliphatic carbocycles. The summed E-state index contributed by atoms with van der Waals surface area (Å²) in [4.78, 5) is 15.3. The van der Waals surface area contributed by atoms with Gasteiger partial charge in [-0.25, -0.2) is 0 Å². The van der Waals surface area contributed by atoms with Crippen LogP contribution in [-0.4, -0.2) is 17.9 Å². The van der Waals surface area contributed by atoms with Crippen LogP contribution in [0.2, 0.25) is 5.02 Å². The Kier molecular flexibility index (Phi) is 4.79. The van der Waals surface area contributed by atoms with Gasteiger partial charge in [-0.05, 0) is 28.6 Å². The van der Waals surface area contributed by atoms with Gasteiger partial charge < -0.3 is 4.90 Å². The van der Waals surface area contributed by atoms with Gasteiger partial charge in [-0.2, -0.15) is 0 Å². The normalized spacial score (nSPS) is 10.5. The van der Waals surface area contributed by atoms with Crippen molar-refractivity contribution in [1.29, 1.82) is 0 Å². The lowest BCUT2D eigenvalue weighted by molar-refractivity contribution is 0.0790. The third-order valence-electron chi connectivity index (χ3n) is 3.66. The van der Waals surface area contributed by atoms with Gasteiger partial charge in [-0.3, -0.25) is 4.79 Å². The molecule has 2 aromatic carbocycles. The van der Waals surface area contributed by atoms with Crippen molar-refractivity contribution >= 4 is 28.8 Å². The summed E-state index contributed by atoms with van der Waals surface area (Å²) in [5, 5.41) is 2.64. The van der Waals surface area contributed by atoms with E-state index in [1.165, 1.54) is 11.3 Å². The van der Waals surface area contributed by atoms with E-state index in [1.54, 1.807) is 11.9 Å². The van der Waals surface area contributed by atoms with Crippen LogP contribution in [0.15, 0.2) is 66.0 Å². The highest BCUT2D eigenvalue weighted by Crippen LogP contribution is 2.29. The van der Waals surface area contributed by atoms with Crippen LogP contribution in [0.5, 0.6) is 0 Å². The number of hydrogen-bond donors (Lipinski definition) is 0. The lowest BCUT2D eigenvalue weighted by atomic mass is 10.1. The van der Waals surface area contributed by atoms with Crippen LogP contribution in [0.1, 0.15) is 15.2 Å². The summed E-state index contributed by atoms with van der Waals surface area (Å²) in [6, 6.07) is 19.6. The molecule has 2 nitrogen and oxygen atoms in total. The molecule has 0 aliphatic rings. The van der Waals surface area contributed by atoms with E-state index in [2.05, 4.69) is 0 Å². The van der Waals surface area contributed by atoms with E-state index in [4.69, 9.17) is 11.6 Å². The molecule has 3 aromatic rings. The summed E-state index contributed by atoms with van der Waals surface area (Å²) in [5.74, 6) is 0.0128. The van der Waals surface area contributed by atoms with Gasteiger partial charge in [-0.15, -0.1) is 11.3 Å². The number of halogens is 1. The minimum absolute atomic E-state index is 0.0128. The van der Waals surface area contributed by atoms with Crippen molar-refractivity contribution in [3.05, 3.63) is 81.5 Å². The van der Waals surface area contributed by atoms with Crippen LogP contribution < -0.4 is 0 Å². The molecule has 0 fully saturated rings. The van der Waals surface area contributed by atoms with E-state index in [0.29, 0.717) is 11.6 Å². The van der Waals surface area contributed by atoms with E-state index in [-0.39, 0.29) is 5.91 Å². The molecule has 0 radical (unpaired) electrons. The number of benzene rings is 2. The number of carbonyl (C=O) groups is 1. The van der Waals surface area contributed by atoms with Crippen molar-refractivity contribution in [2.75, 3.05) is 7.05 Å². The second-order valence-corrected chi connectivity index (χ2v) is 6.61. The van der Waals surface area contributed by atoms with Crippen molar-refractivity contribution in [2.24, 2.45) is 0 Å². The maximum Gasteiger partial charge on any atom is 0.264 e. The van der Waals surface area contributed by atoms with Crippen LogP contribution in [-0.2, 0) is 6.54 Å². The quantitative estimate of drug-likeness (QED) is 0.627. The predicted octanol–water partition coefficient (Wildman–Crippen LogP) is 5.34. The molecule has 3 rings (SSSR count). The van der Waals surface area contributed by atoms with Gasteiger partial charge in [0.25, 0.3) is 5.91 Å². The molecule has 0 atom stereocenters. The molecular weight excluding hydrogens is 326 g/mol. The summed E-state index contributed by atoms with van der Waals surface area (Å²) >= 11 is 7.66. The van der Waals surface area contributed by atoms with Crippen molar-refractivity contribution in [3.8, 4) is 11.1 Å². The molecule has 116 valence electrons. The standard InChI is InChI=1S/C19H16ClNOS/c1-21(13-15-9-5-6-10-17(15)20)19(22)18-16(11-12-23-18)14-7-3-2-4-8-14/h2-12H,13H2,1H3. The number of hydrogen-bond acceptors (Lipinski definition) is 2. The Balaban J connectivity index is 1.84. The van der Waals surface area contributed by atoms with Crippen molar-refractivity contribution in [2.45, 2.75) is 6.54 Å². The Hall–Kier alpha value is -2.10. The molecule has 0 saturated heterocycles. The van der Waals surface area contributed by atoms with Gasteiger partial charge in [0.2, 0.25) is 0 Å². The smallest absolute Gasteiger partial charge is 0.264 e. The topological polar surface area (TPSA) is 20.3 Å². The largest absolute Gasteiger partial charge is 0.337 e. The third kappa shape index (κ3) is 3.46. The minimum Gasteiger partial charge on any atom is -0.337 e. The maximum absolute atomic E-state index is 12.8. The first-order valence-corrected chi connectivity index (χ1v) is 8.54. The number of amides is 1. The number of thiophene rings is 1. The van der Waals surface area contributed by atoms with E-state index in [1.807, 2.05) is 66.0 Å². The predicted molar refractivity (Wildman–Crippen MR) is 97.0 cm³/mol. The Morgan fingerprint density at radius 2 is 1.74 bits per heavy atom. The zero-order valence-corrected chi connectivity index (χ0v) is 14.3. The first kappa shape index (κ1) is 15.8. The second kappa shape index (κ2) is 6.99. The van der Waals surface area contributed by atoms with Gasteiger partial charge in [0.15, 0.2) is 0 Å². The Morgan fingerprint density at radius 1 is 1.04 bits per heavy atom. The Bertz CT molecular complexity index is 813. The Labute approximate surface area is 145 Å². The van der Waals surface area contributed by atoms with E-state index < -0.39 is 0 Å². The monoisotopic (exact) mass is 341 g/mol. The van der Waals surface area contributed by atoms with Gasteiger partial charge in [0.05, 0.1) is 4.88 Å². The fraction of sp³-hybridized carbons (Fsp3) is 0.105. The first-order valence-electron chi connectivity index (χ1n) is 7.28. The highest BCUT2D eigenvalue weighted by molar-refractivity contribution is 7.12. The van der Waals surface area contributed by atoms with Crippen LogP contribution in [0, 0.1) is 0 Å². The number of rotatable bonds is 4. The fourth-order valence-electron chi connectivity index (χ4n) is 2.45. The number of carbonyl (C=O) groups excluding carboxylic acids is 1. The molecule has 23 heavy (non-hydrogen) atoms. The van der Waals surface area contributed by atoms with Crippen molar-refractivity contribution < 1.29 is 4.79 Å². The summed E-state index contributed by atoms with van der Waals surface area (Å²) in [7, 11) is 1.81. The first-order chi connectivity index (χ1) is 11.2. The highest BCUT2D eigenvalue weighted by Gasteiger charge is 2.19. The molecule has 0 unspecified atom stereocenters. The molecule has 0 bridgehead atoms. The molecule has 4 heteroatoms. The maximum atomic E-state index is 12.8. The van der Waals surface area contributed by atoms with Gasteiger partial charge in [0.1, 0.15) is 0 Å².